The number of carboxylic acids is 1. The first-order chi connectivity index (χ1) is 9.01. The molecule has 3 nitrogen and oxygen atoms in total. The Morgan fingerprint density at radius 3 is 1.89 bits per heavy atom. The Bertz CT molecular complexity index is 377. The van der Waals surface area contributed by atoms with E-state index < -0.39 is 11.6 Å². The van der Waals surface area contributed by atoms with Crippen LogP contribution in [0.2, 0.25) is 0 Å². The SMILES string of the molecule is O=C(O)CC(O)(C1CC1)C12CC3CC(CC(C3)C1)C2. The minimum Gasteiger partial charge on any atom is -0.481 e. The van der Waals surface area contributed by atoms with Crippen molar-refractivity contribution in [3.8, 4) is 0 Å². The quantitative estimate of drug-likeness (QED) is 0.821. The molecule has 0 saturated heterocycles. The summed E-state index contributed by atoms with van der Waals surface area (Å²) in [6, 6.07) is 0. The Hall–Kier alpha value is -0.570. The third-order valence-electron chi connectivity index (χ3n) is 6.63. The van der Waals surface area contributed by atoms with Gasteiger partial charge < -0.3 is 10.2 Å². The molecule has 1 atom stereocenters. The van der Waals surface area contributed by atoms with Crippen molar-refractivity contribution in [2.24, 2.45) is 29.1 Å². The largest absolute Gasteiger partial charge is 0.481 e. The molecule has 3 heteroatoms. The molecule has 4 bridgehead atoms. The van der Waals surface area contributed by atoms with E-state index in [1.54, 1.807) is 0 Å². The lowest BCUT2D eigenvalue weighted by Gasteiger charge is -2.62. The fourth-order valence-corrected chi connectivity index (χ4v) is 6.20. The zero-order chi connectivity index (χ0) is 13.3. The first-order valence-corrected chi connectivity index (χ1v) is 7.95. The minimum atomic E-state index is -0.908. The number of aliphatic carboxylic acids is 1. The molecule has 0 aromatic heterocycles. The third-order valence-corrected chi connectivity index (χ3v) is 6.63. The van der Waals surface area contributed by atoms with E-state index in [-0.39, 0.29) is 17.8 Å². The second kappa shape index (κ2) is 3.75. The van der Waals surface area contributed by atoms with E-state index in [4.69, 9.17) is 0 Å². The predicted molar refractivity (Wildman–Crippen MR) is 70.5 cm³/mol. The molecule has 0 aliphatic heterocycles. The predicted octanol–water partition coefficient (Wildman–Crippen LogP) is 2.82. The zero-order valence-electron chi connectivity index (χ0n) is 11.5. The molecule has 0 aromatic carbocycles. The lowest BCUT2D eigenvalue weighted by atomic mass is 9.44. The van der Waals surface area contributed by atoms with Crippen LogP contribution in [0.3, 0.4) is 0 Å². The Morgan fingerprint density at radius 2 is 1.53 bits per heavy atom. The highest BCUT2D eigenvalue weighted by Crippen LogP contribution is 2.67. The number of hydrogen-bond donors (Lipinski definition) is 2. The van der Waals surface area contributed by atoms with E-state index in [2.05, 4.69) is 0 Å². The fraction of sp³-hybridized carbons (Fsp3) is 0.938. The smallest absolute Gasteiger partial charge is 0.306 e. The van der Waals surface area contributed by atoms with Gasteiger partial charge in [-0.3, -0.25) is 4.79 Å². The molecule has 0 heterocycles. The van der Waals surface area contributed by atoms with Crippen LogP contribution < -0.4 is 0 Å². The molecule has 5 aliphatic rings. The van der Waals surface area contributed by atoms with E-state index in [1.165, 1.54) is 19.3 Å². The van der Waals surface area contributed by atoms with Gasteiger partial charge >= 0.3 is 5.97 Å². The van der Waals surface area contributed by atoms with Gasteiger partial charge in [-0.25, -0.2) is 0 Å². The molecule has 1 unspecified atom stereocenters. The van der Waals surface area contributed by atoms with Gasteiger partial charge in [0.25, 0.3) is 0 Å². The lowest BCUT2D eigenvalue weighted by molar-refractivity contribution is -0.198. The maximum Gasteiger partial charge on any atom is 0.306 e. The highest BCUT2D eigenvalue weighted by atomic mass is 16.4. The maximum absolute atomic E-state index is 11.3. The Kier molecular flexibility index (Phi) is 2.41. The van der Waals surface area contributed by atoms with E-state index in [9.17, 15) is 15.0 Å². The molecule has 0 amide bonds. The number of hydrogen-bond acceptors (Lipinski definition) is 2. The molecule has 5 saturated carbocycles. The van der Waals surface area contributed by atoms with Crippen LogP contribution in [0.5, 0.6) is 0 Å². The highest BCUT2D eigenvalue weighted by molar-refractivity contribution is 5.68. The molecule has 106 valence electrons. The average molecular weight is 264 g/mol. The third kappa shape index (κ3) is 1.70. The molecule has 5 aliphatic carbocycles. The van der Waals surface area contributed by atoms with Crippen LogP contribution in [0.1, 0.15) is 57.8 Å². The van der Waals surface area contributed by atoms with Crippen molar-refractivity contribution in [3.05, 3.63) is 0 Å². The number of rotatable bonds is 4. The van der Waals surface area contributed by atoms with Crippen molar-refractivity contribution in [3.63, 3.8) is 0 Å². The van der Waals surface area contributed by atoms with Crippen LogP contribution >= 0.6 is 0 Å². The average Bonchev–Trinajstić information content (AvgIpc) is 3.09. The Morgan fingerprint density at radius 1 is 1.05 bits per heavy atom. The molecule has 0 aromatic rings. The molecule has 0 spiro atoms. The van der Waals surface area contributed by atoms with Crippen LogP contribution in [0.4, 0.5) is 0 Å². The summed E-state index contributed by atoms with van der Waals surface area (Å²) in [6.07, 6.45) is 9.35. The van der Waals surface area contributed by atoms with Gasteiger partial charge in [0.1, 0.15) is 0 Å². The molecular weight excluding hydrogens is 240 g/mol. The zero-order valence-corrected chi connectivity index (χ0v) is 11.5. The van der Waals surface area contributed by atoms with Gasteiger partial charge in [0.05, 0.1) is 12.0 Å². The minimum absolute atomic E-state index is 0.0240. The summed E-state index contributed by atoms with van der Waals surface area (Å²) in [6.45, 7) is 0. The standard InChI is InChI=1S/C16H24O3/c17-14(18)9-16(19,13-1-2-13)15-6-10-3-11(7-15)5-12(4-10)8-15/h10-13,19H,1-9H2,(H,17,18). The lowest BCUT2D eigenvalue weighted by Crippen LogP contribution is -2.60. The van der Waals surface area contributed by atoms with E-state index in [0.29, 0.717) is 0 Å². The molecule has 2 N–H and O–H groups in total. The Labute approximate surface area is 114 Å². The topological polar surface area (TPSA) is 57.5 Å². The van der Waals surface area contributed by atoms with Gasteiger partial charge in [0.2, 0.25) is 0 Å². The Balaban J connectivity index is 1.70. The van der Waals surface area contributed by atoms with Crippen LogP contribution in [-0.2, 0) is 4.79 Å². The van der Waals surface area contributed by atoms with Crippen molar-refractivity contribution in [1.82, 2.24) is 0 Å². The summed E-state index contributed by atoms with van der Waals surface area (Å²) in [4.78, 5) is 11.3. The van der Waals surface area contributed by atoms with Gasteiger partial charge in [0.15, 0.2) is 0 Å². The highest BCUT2D eigenvalue weighted by Gasteiger charge is 2.64. The molecular formula is C16H24O3. The molecule has 19 heavy (non-hydrogen) atoms. The molecule has 5 rings (SSSR count). The van der Waals surface area contributed by atoms with Gasteiger partial charge in [-0.15, -0.1) is 0 Å². The van der Waals surface area contributed by atoms with Gasteiger partial charge in [-0.05, 0) is 75.0 Å². The number of carboxylic acid groups (broad SMARTS) is 1. The number of aliphatic hydroxyl groups is 1. The van der Waals surface area contributed by atoms with E-state index in [0.717, 1.165) is 49.9 Å². The van der Waals surface area contributed by atoms with Crippen molar-refractivity contribution in [1.29, 1.82) is 0 Å². The summed E-state index contributed by atoms with van der Waals surface area (Å²) in [7, 11) is 0. The monoisotopic (exact) mass is 264 g/mol. The van der Waals surface area contributed by atoms with Gasteiger partial charge in [-0.2, -0.15) is 0 Å². The van der Waals surface area contributed by atoms with Crippen molar-refractivity contribution in [2.45, 2.75) is 63.4 Å². The van der Waals surface area contributed by atoms with Gasteiger partial charge in [0, 0.05) is 5.41 Å². The summed E-state index contributed by atoms with van der Waals surface area (Å²) < 4.78 is 0. The number of carbonyl (C=O) groups is 1. The van der Waals surface area contributed by atoms with Crippen molar-refractivity contribution < 1.29 is 15.0 Å². The van der Waals surface area contributed by atoms with Gasteiger partial charge in [-0.1, -0.05) is 0 Å². The first-order valence-electron chi connectivity index (χ1n) is 7.95. The van der Waals surface area contributed by atoms with E-state index in [1.807, 2.05) is 0 Å². The summed E-state index contributed by atoms with van der Waals surface area (Å²) >= 11 is 0. The van der Waals surface area contributed by atoms with Crippen LogP contribution in [0, 0.1) is 29.1 Å². The van der Waals surface area contributed by atoms with Crippen molar-refractivity contribution in [2.75, 3.05) is 0 Å². The van der Waals surface area contributed by atoms with Crippen LogP contribution in [0.25, 0.3) is 0 Å². The second-order valence-electron chi connectivity index (χ2n) is 7.97. The summed E-state index contributed by atoms with van der Waals surface area (Å²) in [5.41, 5.74) is -0.962. The summed E-state index contributed by atoms with van der Waals surface area (Å²) in [5.74, 6) is 1.76. The van der Waals surface area contributed by atoms with Crippen molar-refractivity contribution >= 4 is 5.97 Å². The first kappa shape index (κ1) is 12.2. The molecule has 5 fully saturated rings. The normalized spacial score (nSPS) is 47.1. The van der Waals surface area contributed by atoms with Crippen LogP contribution in [0.15, 0.2) is 0 Å². The molecule has 0 radical (unpaired) electrons. The van der Waals surface area contributed by atoms with Crippen LogP contribution in [-0.4, -0.2) is 21.8 Å². The maximum atomic E-state index is 11.3. The summed E-state index contributed by atoms with van der Waals surface area (Å²) in [5, 5.41) is 20.6. The second-order valence-corrected chi connectivity index (χ2v) is 7.97. The fourth-order valence-electron chi connectivity index (χ4n) is 6.20. The van der Waals surface area contributed by atoms with E-state index >= 15 is 0 Å².